The Hall–Kier alpha value is -1.00. The molecule has 3 atom stereocenters. The Balaban J connectivity index is 2.13. The van der Waals surface area contributed by atoms with Crippen molar-refractivity contribution in [1.29, 1.82) is 0 Å². The molecule has 1 aromatic rings. The van der Waals surface area contributed by atoms with E-state index in [2.05, 4.69) is 54.6 Å². The largest absolute Gasteiger partial charge is 0.541 e. The minimum absolute atomic E-state index is 0.0998. The summed E-state index contributed by atoms with van der Waals surface area (Å²) in [5.74, 6) is 2.03. The van der Waals surface area contributed by atoms with E-state index in [0.717, 1.165) is 24.2 Å². The van der Waals surface area contributed by atoms with E-state index in [1.54, 1.807) is 7.11 Å². The van der Waals surface area contributed by atoms with Crippen molar-refractivity contribution in [3.63, 3.8) is 0 Å². The minimum atomic E-state index is -2.01. The second-order valence-electron chi connectivity index (χ2n) is 11.1. The number of para-hydroxylation sites is 1. The SMILES string of the molecule is COc1c(O[Si](C)(C)C(C)(C)C)cccc1[C@]1(O)C(C)(C)[C@H]2CC[C@@]1(C)C2. The zero-order valence-electron chi connectivity index (χ0n) is 18.7. The van der Waals surface area contributed by atoms with Crippen LogP contribution in [-0.4, -0.2) is 20.5 Å². The van der Waals surface area contributed by atoms with E-state index in [0.29, 0.717) is 11.7 Å². The number of benzene rings is 1. The Bertz CT molecular complexity index is 727. The number of methoxy groups -OCH3 is 1. The highest BCUT2D eigenvalue weighted by Crippen LogP contribution is 2.72. The summed E-state index contributed by atoms with van der Waals surface area (Å²) in [7, 11) is -0.315. The van der Waals surface area contributed by atoms with Crippen molar-refractivity contribution in [3.05, 3.63) is 23.8 Å². The van der Waals surface area contributed by atoms with Gasteiger partial charge in [-0.3, -0.25) is 0 Å². The van der Waals surface area contributed by atoms with Crippen molar-refractivity contribution in [1.82, 2.24) is 0 Å². The molecular formula is C23H38O3Si. The molecule has 2 bridgehead atoms. The van der Waals surface area contributed by atoms with Crippen LogP contribution in [0.4, 0.5) is 0 Å². The van der Waals surface area contributed by atoms with E-state index in [1.165, 1.54) is 6.42 Å². The second-order valence-corrected chi connectivity index (χ2v) is 15.9. The number of ether oxygens (including phenoxy) is 1. The monoisotopic (exact) mass is 390 g/mol. The Kier molecular flexibility index (Phi) is 4.60. The van der Waals surface area contributed by atoms with Gasteiger partial charge in [-0.1, -0.05) is 53.7 Å². The zero-order valence-corrected chi connectivity index (χ0v) is 19.7. The fourth-order valence-electron chi connectivity index (χ4n) is 5.45. The number of aliphatic hydroxyl groups is 1. The van der Waals surface area contributed by atoms with Crippen LogP contribution in [0, 0.1) is 16.7 Å². The molecule has 0 heterocycles. The van der Waals surface area contributed by atoms with Crippen molar-refractivity contribution >= 4 is 8.32 Å². The van der Waals surface area contributed by atoms with Crippen molar-refractivity contribution in [2.24, 2.45) is 16.7 Å². The molecule has 0 aliphatic heterocycles. The molecule has 152 valence electrons. The van der Waals surface area contributed by atoms with Gasteiger partial charge in [0.25, 0.3) is 8.32 Å². The molecule has 0 saturated heterocycles. The Morgan fingerprint density at radius 2 is 1.78 bits per heavy atom. The molecule has 1 aromatic carbocycles. The van der Waals surface area contributed by atoms with Gasteiger partial charge in [0.1, 0.15) is 11.4 Å². The Morgan fingerprint density at radius 1 is 1.15 bits per heavy atom. The lowest BCUT2D eigenvalue weighted by Gasteiger charge is -2.51. The molecule has 3 rings (SSSR count). The van der Waals surface area contributed by atoms with Crippen LogP contribution in [0.1, 0.15) is 66.4 Å². The minimum Gasteiger partial charge on any atom is -0.541 e. The average Bonchev–Trinajstić information content (AvgIpc) is 3.01. The van der Waals surface area contributed by atoms with Gasteiger partial charge in [-0.15, -0.1) is 0 Å². The maximum atomic E-state index is 12.2. The number of rotatable bonds is 4. The fraction of sp³-hybridized carbons (Fsp3) is 0.739. The molecule has 27 heavy (non-hydrogen) atoms. The smallest absolute Gasteiger partial charge is 0.250 e. The number of hydrogen-bond donors (Lipinski definition) is 1. The van der Waals surface area contributed by atoms with Crippen molar-refractivity contribution < 1.29 is 14.3 Å². The summed E-state index contributed by atoms with van der Waals surface area (Å²) in [6.45, 7) is 17.9. The maximum absolute atomic E-state index is 12.2. The van der Waals surface area contributed by atoms with Gasteiger partial charge in [0.05, 0.1) is 7.11 Å². The molecule has 0 radical (unpaired) electrons. The first-order valence-corrected chi connectivity index (χ1v) is 13.2. The van der Waals surface area contributed by atoms with Gasteiger partial charge in [0.15, 0.2) is 5.75 Å². The number of hydrogen-bond acceptors (Lipinski definition) is 3. The normalized spacial score (nSPS) is 32.6. The summed E-state index contributed by atoms with van der Waals surface area (Å²) >= 11 is 0. The van der Waals surface area contributed by atoms with Gasteiger partial charge in [-0.25, -0.2) is 0 Å². The van der Waals surface area contributed by atoms with E-state index in [4.69, 9.17) is 9.16 Å². The lowest BCUT2D eigenvalue weighted by atomic mass is 9.57. The van der Waals surface area contributed by atoms with Crippen LogP contribution in [0.2, 0.25) is 18.1 Å². The molecule has 0 aromatic heterocycles. The third-order valence-electron chi connectivity index (χ3n) is 8.31. The molecule has 0 spiro atoms. The van der Waals surface area contributed by atoms with E-state index >= 15 is 0 Å². The standard InChI is InChI=1S/C23H38O3Si/c1-20(2,3)27(8,9)26-18-12-10-11-17(19(18)25-7)23(24)21(4,5)16-13-14-22(23,6)15-16/h10-12,16,24H,13-15H2,1-9H3/t16-,22-,23-/m0/s1. The van der Waals surface area contributed by atoms with E-state index in [1.807, 2.05) is 18.2 Å². The predicted octanol–water partition coefficient (Wildman–Crippen LogP) is 6.11. The fourth-order valence-corrected chi connectivity index (χ4v) is 6.47. The van der Waals surface area contributed by atoms with Gasteiger partial charge < -0.3 is 14.3 Å². The Labute approximate surface area is 166 Å². The summed E-state index contributed by atoms with van der Waals surface area (Å²) in [6.07, 6.45) is 3.34. The summed E-state index contributed by atoms with van der Waals surface area (Å²) < 4.78 is 12.5. The van der Waals surface area contributed by atoms with Crippen molar-refractivity contribution in [3.8, 4) is 11.5 Å². The second kappa shape index (κ2) is 6.00. The number of fused-ring (bicyclic) bond motifs is 2. The molecular weight excluding hydrogens is 352 g/mol. The van der Waals surface area contributed by atoms with Crippen LogP contribution in [0.15, 0.2) is 18.2 Å². The molecule has 1 N–H and O–H groups in total. The maximum Gasteiger partial charge on any atom is 0.250 e. The first-order chi connectivity index (χ1) is 12.2. The van der Waals surface area contributed by atoms with Crippen LogP contribution in [0.3, 0.4) is 0 Å². The van der Waals surface area contributed by atoms with Crippen LogP contribution in [0.25, 0.3) is 0 Å². The van der Waals surface area contributed by atoms with Crippen molar-refractivity contribution in [2.45, 2.75) is 84.5 Å². The van der Waals surface area contributed by atoms with Gasteiger partial charge in [-0.2, -0.15) is 0 Å². The van der Waals surface area contributed by atoms with Crippen molar-refractivity contribution in [2.75, 3.05) is 7.11 Å². The van der Waals surface area contributed by atoms with Crippen LogP contribution < -0.4 is 9.16 Å². The molecule has 2 aliphatic carbocycles. The molecule has 0 amide bonds. The van der Waals surface area contributed by atoms with Gasteiger partial charge in [0, 0.05) is 16.4 Å². The molecule has 2 fully saturated rings. The molecule has 0 unspecified atom stereocenters. The summed E-state index contributed by atoms with van der Waals surface area (Å²) in [5, 5.41) is 12.3. The zero-order chi connectivity index (χ0) is 20.5. The van der Waals surface area contributed by atoms with Crippen LogP contribution in [-0.2, 0) is 5.60 Å². The topological polar surface area (TPSA) is 38.7 Å². The average molecular weight is 391 g/mol. The summed E-state index contributed by atoms with van der Waals surface area (Å²) in [4.78, 5) is 0. The van der Waals surface area contributed by atoms with E-state index in [9.17, 15) is 5.11 Å². The highest BCUT2D eigenvalue weighted by Gasteiger charge is 2.69. The van der Waals surface area contributed by atoms with E-state index < -0.39 is 13.9 Å². The van der Waals surface area contributed by atoms with Gasteiger partial charge in [-0.05, 0) is 49.4 Å². The highest BCUT2D eigenvalue weighted by molar-refractivity contribution is 6.74. The predicted molar refractivity (Wildman–Crippen MR) is 114 cm³/mol. The first-order valence-electron chi connectivity index (χ1n) is 10.3. The molecule has 2 aliphatic rings. The van der Waals surface area contributed by atoms with Gasteiger partial charge in [0.2, 0.25) is 0 Å². The lowest BCUT2D eigenvalue weighted by Crippen LogP contribution is -2.51. The summed E-state index contributed by atoms with van der Waals surface area (Å²) in [5.41, 5.74) is -0.329. The van der Waals surface area contributed by atoms with Crippen LogP contribution in [0.5, 0.6) is 11.5 Å². The lowest BCUT2D eigenvalue weighted by molar-refractivity contribution is -0.151. The Morgan fingerprint density at radius 3 is 2.26 bits per heavy atom. The molecule has 4 heteroatoms. The van der Waals surface area contributed by atoms with Crippen LogP contribution >= 0.6 is 0 Å². The molecule has 3 nitrogen and oxygen atoms in total. The first kappa shape index (κ1) is 20.7. The summed E-state index contributed by atoms with van der Waals surface area (Å²) in [6, 6.07) is 6.06. The third-order valence-corrected chi connectivity index (χ3v) is 12.7. The van der Waals surface area contributed by atoms with E-state index in [-0.39, 0.29) is 15.9 Å². The quantitative estimate of drug-likeness (QED) is 0.630. The highest BCUT2D eigenvalue weighted by atomic mass is 28.4. The van der Waals surface area contributed by atoms with Gasteiger partial charge >= 0.3 is 0 Å². The third kappa shape index (κ3) is 2.70. The molecule has 2 saturated carbocycles.